The van der Waals surface area contributed by atoms with Crippen LogP contribution in [0.15, 0.2) is 18.2 Å². The molecule has 0 saturated heterocycles. The van der Waals surface area contributed by atoms with Crippen molar-refractivity contribution in [2.24, 2.45) is 0 Å². The van der Waals surface area contributed by atoms with Crippen LogP contribution in [-0.2, 0) is 5.41 Å². The van der Waals surface area contributed by atoms with E-state index in [1.54, 1.807) is 0 Å². The standard InChI is InChI=1S/C13H15FN4OS/c1-13(2,3)11-10(20-18-17-11)12(19)16-9-5-7(14)4-8(15)6-9/h4-6H,15H2,1-3H3,(H,16,19). The smallest absolute Gasteiger partial charge is 0.269 e. The van der Waals surface area contributed by atoms with E-state index in [1.807, 2.05) is 20.8 Å². The topological polar surface area (TPSA) is 80.9 Å². The van der Waals surface area contributed by atoms with Gasteiger partial charge in [-0.3, -0.25) is 4.79 Å². The molecular weight excluding hydrogens is 279 g/mol. The van der Waals surface area contributed by atoms with E-state index in [0.29, 0.717) is 16.3 Å². The Morgan fingerprint density at radius 2 is 2.05 bits per heavy atom. The number of carbonyl (C=O) groups is 1. The Hall–Kier alpha value is -2.02. The number of hydrogen-bond acceptors (Lipinski definition) is 5. The van der Waals surface area contributed by atoms with Crippen LogP contribution in [0.5, 0.6) is 0 Å². The highest BCUT2D eigenvalue weighted by molar-refractivity contribution is 7.08. The van der Waals surface area contributed by atoms with Crippen LogP contribution < -0.4 is 11.1 Å². The van der Waals surface area contributed by atoms with Crippen molar-refractivity contribution >= 4 is 28.8 Å². The molecule has 5 nitrogen and oxygen atoms in total. The molecule has 0 unspecified atom stereocenters. The Bertz CT molecular complexity index is 628. The molecule has 2 aromatic rings. The molecule has 7 heteroatoms. The van der Waals surface area contributed by atoms with Gasteiger partial charge in [0.15, 0.2) is 0 Å². The number of nitrogens with zero attached hydrogens (tertiary/aromatic N) is 2. The van der Waals surface area contributed by atoms with Gasteiger partial charge in [-0.25, -0.2) is 4.39 Å². The second-order valence-electron chi connectivity index (χ2n) is 5.43. The molecule has 0 bridgehead atoms. The number of hydrogen-bond donors (Lipinski definition) is 2. The van der Waals surface area contributed by atoms with E-state index in [2.05, 4.69) is 14.9 Å². The van der Waals surface area contributed by atoms with Gasteiger partial charge in [0.25, 0.3) is 5.91 Å². The second-order valence-corrected chi connectivity index (χ2v) is 6.18. The Balaban J connectivity index is 2.27. The number of nitrogens with two attached hydrogens (primary N) is 1. The maximum Gasteiger partial charge on any atom is 0.269 e. The summed E-state index contributed by atoms with van der Waals surface area (Å²) in [7, 11) is 0. The van der Waals surface area contributed by atoms with E-state index in [4.69, 9.17) is 5.73 Å². The lowest BCUT2D eigenvalue weighted by atomic mass is 9.91. The number of nitrogen functional groups attached to an aromatic ring is 1. The zero-order valence-electron chi connectivity index (χ0n) is 11.4. The van der Waals surface area contributed by atoms with Crippen molar-refractivity contribution in [2.45, 2.75) is 26.2 Å². The predicted octanol–water partition coefficient (Wildman–Crippen LogP) is 2.81. The highest BCUT2D eigenvalue weighted by atomic mass is 32.1. The minimum absolute atomic E-state index is 0.249. The molecule has 1 heterocycles. The van der Waals surface area contributed by atoms with Gasteiger partial charge in [0.2, 0.25) is 0 Å². The van der Waals surface area contributed by atoms with Crippen molar-refractivity contribution in [3.8, 4) is 0 Å². The maximum absolute atomic E-state index is 13.2. The van der Waals surface area contributed by atoms with E-state index in [1.165, 1.54) is 18.2 Å². The lowest BCUT2D eigenvalue weighted by molar-refractivity contribution is 0.102. The van der Waals surface area contributed by atoms with E-state index in [0.717, 1.165) is 11.5 Å². The van der Waals surface area contributed by atoms with Gasteiger partial charge in [-0.05, 0) is 29.7 Å². The minimum atomic E-state index is -0.501. The van der Waals surface area contributed by atoms with Gasteiger partial charge in [-0.15, -0.1) is 5.10 Å². The van der Waals surface area contributed by atoms with Crippen molar-refractivity contribution in [2.75, 3.05) is 11.1 Å². The van der Waals surface area contributed by atoms with Crippen LogP contribution in [0, 0.1) is 5.82 Å². The van der Waals surface area contributed by atoms with Gasteiger partial charge >= 0.3 is 0 Å². The lowest BCUT2D eigenvalue weighted by Gasteiger charge is -2.16. The normalized spacial score (nSPS) is 11.4. The number of anilines is 2. The van der Waals surface area contributed by atoms with Crippen LogP contribution in [0.2, 0.25) is 0 Å². The lowest BCUT2D eigenvalue weighted by Crippen LogP contribution is -2.20. The highest BCUT2D eigenvalue weighted by Crippen LogP contribution is 2.26. The highest BCUT2D eigenvalue weighted by Gasteiger charge is 2.26. The van der Waals surface area contributed by atoms with Crippen LogP contribution in [-0.4, -0.2) is 15.5 Å². The summed E-state index contributed by atoms with van der Waals surface area (Å²) in [6.07, 6.45) is 0. The van der Waals surface area contributed by atoms with Crippen molar-refractivity contribution in [1.29, 1.82) is 0 Å². The molecule has 1 aromatic heterocycles. The summed E-state index contributed by atoms with van der Waals surface area (Å²) >= 11 is 1.01. The van der Waals surface area contributed by atoms with Gasteiger partial charge < -0.3 is 11.1 Å². The van der Waals surface area contributed by atoms with Crippen molar-refractivity contribution in [3.63, 3.8) is 0 Å². The van der Waals surface area contributed by atoms with Crippen LogP contribution in [0.1, 0.15) is 36.1 Å². The first kappa shape index (κ1) is 14.4. The zero-order chi connectivity index (χ0) is 14.9. The van der Waals surface area contributed by atoms with E-state index < -0.39 is 5.82 Å². The molecule has 0 aliphatic rings. The molecular formula is C13H15FN4OS. The summed E-state index contributed by atoms with van der Waals surface area (Å²) in [6.45, 7) is 5.84. The number of amides is 1. The molecule has 0 atom stereocenters. The molecule has 0 saturated carbocycles. The van der Waals surface area contributed by atoms with Crippen molar-refractivity contribution in [3.05, 3.63) is 34.6 Å². The molecule has 1 amide bonds. The Kier molecular flexibility index (Phi) is 3.71. The van der Waals surface area contributed by atoms with Gasteiger partial charge in [0, 0.05) is 16.8 Å². The van der Waals surface area contributed by atoms with Crippen molar-refractivity contribution < 1.29 is 9.18 Å². The number of halogens is 1. The molecule has 0 aliphatic carbocycles. The number of nitrogens with one attached hydrogen (secondary N) is 1. The number of rotatable bonds is 2. The fourth-order valence-corrected chi connectivity index (χ4v) is 2.47. The van der Waals surface area contributed by atoms with Gasteiger partial charge in [0.05, 0.1) is 5.69 Å². The predicted molar refractivity (Wildman–Crippen MR) is 77.4 cm³/mol. The second kappa shape index (κ2) is 5.16. The SMILES string of the molecule is CC(C)(C)c1nnsc1C(=O)Nc1cc(N)cc(F)c1. The molecule has 0 aliphatic heterocycles. The molecule has 106 valence electrons. The van der Waals surface area contributed by atoms with Crippen molar-refractivity contribution in [1.82, 2.24) is 9.59 Å². The van der Waals surface area contributed by atoms with E-state index in [9.17, 15) is 9.18 Å². The summed E-state index contributed by atoms with van der Waals surface area (Å²) in [5.41, 5.74) is 6.42. The fourth-order valence-electron chi connectivity index (χ4n) is 1.70. The molecule has 0 radical (unpaired) electrons. The first-order valence-corrected chi connectivity index (χ1v) is 6.75. The molecule has 1 aromatic carbocycles. The van der Waals surface area contributed by atoms with Gasteiger partial charge in [0.1, 0.15) is 10.7 Å². The Morgan fingerprint density at radius 3 is 2.65 bits per heavy atom. The van der Waals surface area contributed by atoms with Gasteiger partial charge in [-0.2, -0.15) is 0 Å². The third-order valence-electron chi connectivity index (χ3n) is 2.58. The summed E-state index contributed by atoms with van der Waals surface area (Å²) in [5, 5.41) is 6.60. The summed E-state index contributed by atoms with van der Waals surface area (Å²) in [6, 6.07) is 3.89. The maximum atomic E-state index is 13.2. The minimum Gasteiger partial charge on any atom is -0.399 e. The van der Waals surface area contributed by atoms with Crippen LogP contribution in [0.4, 0.5) is 15.8 Å². The number of carbonyl (C=O) groups excluding carboxylic acids is 1. The molecule has 3 N–H and O–H groups in total. The summed E-state index contributed by atoms with van der Waals surface area (Å²) in [5.74, 6) is -0.867. The molecule has 20 heavy (non-hydrogen) atoms. The number of aromatic nitrogens is 2. The third kappa shape index (κ3) is 3.11. The summed E-state index contributed by atoms with van der Waals surface area (Å²) < 4.78 is 17.1. The molecule has 0 fully saturated rings. The Labute approximate surface area is 120 Å². The average molecular weight is 294 g/mol. The largest absolute Gasteiger partial charge is 0.399 e. The Morgan fingerprint density at radius 1 is 1.35 bits per heavy atom. The first-order chi connectivity index (χ1) is 9.27. The van der Waals surface area contributed by atoms with Crippen LogP contribution in [0.25, 0.3) is 0 Å². The first-order valence-electron chi connectivity index (χ1n) is 5.97. The third-order valence-corrected chi connectivity index (χ3v) is 3.31. The molecule has 0 spiro atoms. The van der Waals surface area contributed by atoms with Crippen LogP contribution >= 0.6 is 11.5 Å². The van der Waals surface area contributed by atoms with E-state index in [-0.39, 0.29) is 17.0 Å². The monoisotopic (exact) mass is 294 g/mol. The molecule has 2 rings (SSSR count). The quantitative estimate of drug-likeness (QED) is 0.835. The number of benzene rings is 1. The average Bonchev–Trinajstić information content (AvgIpc) is 2.75. The fraction of sp³-hybridized carbons (Fsp3) is 0.308. The van der Waals surface area contributed by atoms with Crippen LogP contribution in [0.3, 0.4) is 0 Å². The summed E-state index contributed by atoms with van der Waals surface area (Å²) in [4.78, 5) is 12.6. The zero-order valence-corrected chi connectivity index (χ0v) is 12.2. The van der Waals surface area contributed by atoms with E-state index >= 15 is 0 Å². The van der Waals surface area contributed by atoms with Gasteiger partial charge in [-0.1, -0.05) is 25.3 Å².